The molecule has 0 nitrogen and oxygen atoms in total. The lowest BCUT2D eigenvalue weighted by molar-refractivity contribution is 0.494. The molecule has 2 heteroatoms. The van der Waals surface area contributed by atoms with Gasteiger partial charge in [-0.05, 0) is 24.1 Å². The van der Waals surface area contributed by atoms with Crippen molar-refractivity contribution in [2.45, 2.75) is 13.3 Å². The largest absolute Gasteiger partial charge is 0.251 e. The van der Waals surface area contributed by atoms with Gasteiger partial charge in [0, 0.05) is 6.42 Å². The zero-order valence-electron chi connectivity index (χ0n) is 6.40. The molecule has 0 radical (unpaired) electrons. The first-order valence-electron chi connectivity index (χ1n) is 3.55. The minimum Gasteiger partial charge on any atom is -0.251 e. The normalized spacial score (nSPS) is 10.1. The molecule has 0 aliphatic heterocycles. The maximum absolute atomic E-state index is 12.8. The van der Waals surface area contributed by atoms with Crippen LogP contribution in [-0.4, -0.2) is 6.67 Å². The molecule has 0 aliphatic rings. The Kier molecular flexibility index (Phi) is 2.58. The van der Waals surface area contributed by atoms with Crippen LogP contribution in [0.2, 0.25) is 0 Å². The van der Waals surface area contributed by atoms with Crippen LogP contribution >= 0.6 is 0 Å². The summed E-state index contributed by atoms with van der Waals surface area (Å²) in [5.74, 6) is -0.254. The van der Waals surface area contributed by atoms with Gasteiger partial charge in [-0.2, -0.15) is 0 Å². The summed E-state index contributed by atoms with van der Waals surface area (Å²) in [5, 5.41) is 0. The maximum Gasteiger partial charge on any atom is 0.126 e. The molecule has 0 unspecified atom stereocenters. The Balaban J connectivity index is 2.86. The third-order valence-electron chi connectivity index (χ3n) is 1.62. The van der Waals surface area contributed by atoms with Gasteiger partial charge in [-0.1, -0.05) is 12.1 Å². The highest BCUT2D eigenvalue weighted by atomic mass is 19.1. The van der Waals surface area contributed by atoms with Gasteiger partial charge in [-0.25, -0.2) is 4.39 Å². The van der Waals surface area contributed by atoms with E-state index in [0.29, 0.717) is 12.0 Å². The summed E-state index contributed by atoms with van der Waals surface area (Å²) in [6.07, 6.45) is 0.303. The molecule has 0 saturated heterocycles. The number of alkyl halides is 1. The van der Waals surface area contributed by atoms with Crippen LogP contribution in [0.25, 0.3) is 0 Å². The van der Waals surface area contributed by atoms with Gasteiger partial charge < -0.3 is 0 Å². The Hall–Kier alpha value is -0.920. The van der Waals surface area contributed by atoms with Crippen LogP contribution in [-0.2, 0) is 6.42 Å². The highest BCUT2D eigenvalue weighted by Gasteiger charge is 1.97. The number of halogens is 2. The van der Waals surface area contributed by atoms with Crippen molar-refractivity contribution in [1.82, 2.24) is 0 Å². The van der Waals surface area contributed by atoms with Gasteiger partial charge in [0.05, 0.1) is 6.67 Å². The highest BCUT2D eigenvalue weighted by Crippen LogP contribution is 2.09. The Morgan fingerprint density at radius 3 is 2.64 bits per heavy atom. The molecule has 1 aromatic rings. The summed E-state index contributed by atoms with van der Waals surface area (Å²) in [4.78, 5) is 0. The average Bonchev–Trinajstić information content (AvgIpc) is 1.98. The first-order chi connectivity index (χ1) is 5.24. The summed E-state index contributed by atoms with van der Waals surface area (Å²) in [5.41, 5.74) is 1.32. The van der Waals surface area contributed by atoms with Gasteiger partial charge in [-0.15, -0.1) is 0 Å². The van der Waals surface area contributed by atoms with E-state index in [2.05, 4.69) is 0 Å². The second-order valence-electron chi connectivity index (χ2n) is 2.52. The van der Waals surface area contributed by atoms with Crippen molar-refractivity contribution in [3.63, 3.8) is 0 Å². The average molecular weight is 156 g/mol. The molecule has 0 aliphatic carbocycles. The fourth-order valence-electron chi connectivity index (χ4n) is 0.901. The third kappa shape index (κ3) is 2.00. The van der Waals surface area contributed by atoms with Gasteiger partial charge in [0.1, 0.15) is 5.82 Å². The minimum absolute atomic E-state index is 0.254. The molecule has 11 heavy (non-hydrogen) atoms. The zero-order valence-corrected chi connectivity index (χ0v) is 6.40. The molecule has 0 bridgehead atoms. The molecule has 0 aromatic heterocycles. The van der Waals surface area contributed by atoms with E-state index in [9.17, 15) is 8.78 Å². The molecule has 0 spiro atoms. The van der Waals surface area contributed by atoms with Crippen molar-refractivity contribution < 1.29 is 8.78 Å². The molecule has 0 amide bonds. The Labute approximate surface area is 64.9 Å². The van der Waals surface area contributed by atoms with E-state index in [1.165, 1.54) is 6.07 Å². The fourth-order valence-corrected chi connectivity index (χ4v) is 0.901. The molecule has 60 valence electrons. The lowest BCUT2D eigenvalue weighted by Crippen LogP contribution is -1.89. The van der Waals surface area contributed by atoms with Crippen LogP contribution in [0.3, 0.4) is 0 Å². The smallest absolute Gasteiger partial charge is 0.126 e. The molecule has 0 heterocycles. The summed E-state index contributed by atoms with van der Waals surface area (Å²) in [6.45, 7) is 1.26. The van der Waals surface area contributed by atoms with Gasteiger partial charge in [-0.3, -0.25) is 4.39 Å². The standard InChI is InChI=1S/C9H10F2/c1-7-2-3-8(4-5-10)6-9(7)11/h2-3,6H,4-5H2,1H3. The predicted molar refractivity (Wildman–Crippen MR) is 40.8 cm³/mol. The predicted octanol–water partition coefficient (Wildman–Crippen LogP) is 2.65. The van der Waals surface area contributed by atoms with Crippen molar-refractivity contribution in [3.8, 4) is 0 Å². The van der Waals surface area contributed by atoms with Crippen LogP contribution in [0.5, 0.6) is 0 Å². The first kappa shape index (κ1) is 8.18. The van der Waals surface area contributed by atoms with Crippen LogP contribution in [0.15, 0.2) is 18.2 Å². The summed E-state index contributed by atoms with van der Waals surface area (Å²) in [7, 11) is 0. The highest BCUT2D eigenvalue weighted by molar-refractivity contribution is 5.23. The molecule has 1 aromatic carbocycles. The summed E-state index contributed by atoms with van der Waals surface area (Å²) < 4.78 is 24.6. The van der Waals surface area contributed by atoms with E-state index in [1.54, 1.807) is 19.1 Å². The summed E-state index contributed by atoms with van der Waals surface area (Å²) in [6, 6.07) is 4.80. The second kappa shape index (κ2) is 3.46. The molecule has 0 atom stereocenters. The van der Waals surface area contributed by atoms with Gasteiger partial charge in [0.2, 0.25) is 0 Å². The topological polar surface area (TPSA) is 0 Å². The quantitative estimate of drug-likeness (QED) is 0.617. The number of hydrogen-bond donors (Lipinski definition) is 0. The van der Waals surface area contributed by atoms with Gasteiger partial charge in [0.25, 0.3) is 0 Å². The van der Waals surface area contributed by atoms with Crippen LogP contribution < -0.4 is 0 Å². The first-order valence-corrected chi connectivity index (χ1v) is 3.55. The van der Waals surface area contributed by atoms with E-state index in [4.69, 9.17) is 0 Å². The van der Waals surface area contributed by atoms with Gasteiger partial charge in [0.15, 0.2) is 0 Å². The molecular formula is C9H10F2. The van der Waals surface area contributed by atoms with Crippen LogP contribution in [0.1, 0.15) is 11.1 Å². The Morgan fingerprint density at radius 1 is 1.36 bits per heavy atom. The van der Waals surface area contributed by atoms with E-state index < -0.39 is 6.67 Å². The van der Waals surface area contributed by atoms with Crippen molar-refractivity contribution in [1.29, 1.82) is 0 Å². The number of benzene rings is 1. The van der Waals surface area contributed by atoms with Gasteiger partial charge >= 0.3 is 0 Å². The van der Waals surface area contributed by atoms with E-state index in [1.807, 2.05) is 0 Å². The summed E-state index contributed by atoms with van der Waals surface area (Å²) >= 11 is 0. The van der Waals surface area contributed by atoms with Crippen molar-refractivity contribution in [2.24, 2.45) is 0 Å². The Morgan fingerprint density at radius 2 is 2.09 bits per heavy atom. The number of hydrogen-bond acceptors (Lipinski definition) is 0. The molecule has 0 saturated carbocycles. The monoisotopic (exact) mass is 156 g/mol. The van der Waals surface area contributed by atoms with Crippen molar-refractivity contribution in [3.05, 3.63) is 35.1 Å². The van der Waals surface area contributed by atoms with E-state index >= 15 is 0 Å². The molecule has 1 rings (SSSR count). The van der Waals surface area contributed by atoms with Crippen LogP contribution in [0, 0.1) is 12.7 Å². The second-order valence-corrected chi connectivity index (χ2v) is 2.52. The Bertz CT molecular complexity index is 243. The van der Waals surface area contributed by atoms with E-state index in [-0.39, 0.29) is 5.82 Å². The number of rotatable bonds is 2. The van der Waals surface area contributed by atoms with E-state index in [0.717, 1.165) is 5.56 Å². The zero-order chi connectivity index (χ0) is 8.27. The lowest BCUT2D eigenvalue weighted by Gasteiger charge is -1.99. The molecular weight excluding hydrogens is 146 g/mol. The molecule has 0 fully saturated rings. The minimum atomic E-state index is -0.428. The maximum atomic E-state index is 12.8. The third-order valence-corrected chi connectivity index (χ3v) is 1.62. The molecule has 0 N–H and O–H groups in total. The number of aryl methyl sites for hydroxylation is 2. The lowest BCUT2D eigenvalue weighted by atomic mass is 10.1. The SMILES string of the molecule is Cc1ccc(CCF)cc1F. The van der Waals surface area contributed by atoms with Crippen molar-refractivity contribution in [2.75, 3.05) is 6.67 Å². The van der Waals surface area contributed by atoms with Crippen LogP contribution in [0.4, 0.5) is 8.78 Å². The van der Waals surface area contributed by atoms with Crippen molar-refractivity contribution >= 4 is 0 Å². The fraction of sp³-hybridized carbons (Fsp3) is 0.333.